The molecule has 224 valence electrons. The van der Waals surface area contributed by atoms with Crippen molar-refractivity contribution in [2.75, 3.05) is 52.5 Å². The van der Waals surface area contributed by atoms with Crippen molar-refractivity contribution in [2.45, 2.75) is 110 Å². The van der Waals surface area contributed by atoms with Crippen molar-refractivity contribution >= 4 is 11.8 Å². The van der Waals surface area contributed by atoms with Crippen molar-refractivity contribution < 1.29 is 23.5 Å². The maximum atomic E-state index is 14.2. The number of halogens is 1. The number of ether oxygens (including phenoxy) is 2. The molecule has 1 N–H and O–H groups in total. The molecular formula is C30H53FN4O4. The van der Waals surface area contributed by atoms with Gasteiger partial charge < -0.3 is 29.5 Å². The normalized spacial score (nSPS) is 33.3. The number of alkyl halides is 1. The average Bonchev–Trinajstić information content (AvgIpc) is 2.86. The summed E-state index contributed by atoms with van der Waals surface area (Å²) in [7, 11) is 0. The van der Waals surface area contributed by atoms with E-state index in [1.54, 1.807) is 6.92 Å². The molecule has 3 atom stereocenters. The van der Waals surface area contributed by atoms with Crippen LogP contribution in [0.3, 0.4) is 0 Å². The van der Waals surface area contributed by atoms with Gasteiger partial charge in [0, 0.05) is 64.1 Å². The van der Waals surface area contributed by atoms with Gasteiger partial charge in [-0.05, 0) is 51.4 Å². The Labute approximate surface area is 235 Å². The quantitative estimate of drug-likeness (QED) is 0.497. The highest BCUT2D eigenvalue weighted by atomic mass is 19.1. The molecule has 2 amide bonds. The van der Waals surface area contributed by atoms with Gasteiger partial charge in [-0.2, -0.15) is 0 Å². The smallest absolute Gasteiger partial charge is 0.245 e. The first kappa shape index (κ1) is 30.7. The molecule has 0 aromatic rings. The zero-order valence-electron chi connectivity index (χ0n) is 25.2. The van der Waals surface area contributed by atoms with E-state index in [1.807, 2.05) is 9.80 Å². The molecule has 0 radical (unpaired) electrons. The van der Waals surface area contributed by atoms with Gasteiger partial charge in [0.05, 0.1) is 19.3 Å². The molecule has 0 aliphatic carbocycles. The second-order valence-electron chi connectivity index (χ2n) is 13.8. The van der Waals surface area contributed by atoms with Crippen LogP contribution in [-0.4, -0.2) is 109 Å². The topological polar surface area (TPSA) is 74.3 Å². The lowest BCUT2D eigenvalue weighted by molar-refractivity contribution is -0.303. The van der Waals surface area contributed by atoms with Gasteiger partial charge in [-0.25, -0.2) is 4.39 Å². The van der Waals surface area contributed by atoms with E-state index in [0.717, 1.165) is 32.6 Å². The third-order valence-corrected chi connectivity index (χ3v) is 9.12. The van der Waals surface area contributed by atoms with E-state index in [2.05, 4.69) is 44.8 Å². The van der Waals surface area contributed by atoms with Crippen molar-refractivity contribution in [3.63, 3.8) is 0 Å². The Bertz CT molecular complexity index is 835. The molecule has 0 bridgehead atoms. The molecule has 4 rings (SSSR count). The number of rotatable bonds is 8. The number of carbonyl (C=O) groups is 2. The van der Waals surface area contributed by atoms with Gasteiger partial charge in [0.2, 0.25) is 11.8 Å². The number of carbonyl (C=O) groups excluding carboxylic acids is 2. The average molecular weight is 553 g/mol. The van der Waals surface area contributed by atoms with Crippen LogP contribution in [0, 0.1) is 17.8 Å². The monoisotopic (exact) mass is 552 g/mol. The molecule has 1 spiro atoms. The van der Waals surface area contributed by atoms with E-state index in [9.17, 15) is 14.0 Å². The second kappa shape index (κ2) is 12.7. The maximum absolute atomic E-state index is 14.2. The number of amides is 2. The Morgan fingerprint density at radius 3 is 2.31 bits per heavy atom. The number of nitrogens with zero attached hydrogens (tertiary/aromatic N) is 3. The summed E-state index contributed by atoms with van der Waals surface area (Å²) in [6.07, 6.45) is 3.89. The number of nitrogens with one attached hydrogen (secondary N) is 1. The van der Waals surface area contributed by atoms with Crippen molar-refractivity contribution in [3.05, 3.63) is 0 Å². The summed E-state index contributed by atoms with van der Waals surface area (Å²) in [6.45, 7) is 17.8. The first-order valence-electron chi connectivity index (χ1n) is 15.4. The van der Waals surface area contributed by atoms with Gasteiger partial charge in [-0.3, -0.25) is 9.59 Å². The summed E-state index contributed by atoms with van der Waals surface area (Å²) in [5.74, 6) is 0.463. The molecular weight excluding hydrogens is 499 g/mol. The van der Waals surface area contributed by atoms with E-state index in [4.69, 9.17) is 9.47 Å². The fraction of sp³-hybridized carbons (Fsp3) is 0.933. The SMILES string of the molecule is CC(C)C[C@@H]1NCCN([C@@H](CC(C)C)C(=O)N2CCC3(C[C@@H]2C)OCC(CN2CCC(C)(F)CC2)CO3)C1=O. The summed E-state index contributed by atoms with van der Waals surface area (Å²) < 4.78 is 26.9. The van der Waals surface area contributed by atoms with Gasteiger partial charge in [0.25, 0.3) is 0 Å². The van der Waals surface area contributed by atoms with Gasteiger partial charge in [-0.15, -0.1) is 0 Å². The van der Waals surface area contributed by atoms with Crippen LogP contribution in [0.4, 0.5) is 4.39 Å². The molecule has 4 saturated heterocycles. The van der Waals surface area contributed by atoms with Gasteiger partial charge in [-0.1, -0.05) is 27.7 Å². The highest BCUT2D eigenvalue weighted by Crippen LogP contribution is 2.36. The fourth-order valence-electron chi connectivity index (χ4n) is 6.79. The third-order valence-electron chi connectivity index (χ3n) is 9.12. The number of likely N-dealkylation sites (tertiary alicyclic amines) is 2. The summed E-state index contributed by atoms with van der Waals surface area (Å²) in [5, 5.41) is 3.37. The predicted octanol–water partition coefficient (Wildman–Crippen LogP) is 3.44. The Balaban J connectivity index is 1.33. The van der Waals surface area contributed by atoms with Crippen LogP contribution in [0.15, 0.2) is 0 Å². The Morgan fingerprint density at radius 1 is 1.05 bits per heavy atom. The summed E-state index contributed by atoms with van der Waals surface area (Å²) in [4.78, 5) is 33.6. The first-order valence-corrected chi connectivity index (χ1v) is 15.4. The summed E-state index contributed by atoms with van der Waals surface area (Å²) >= 11 is 0. The summed E-state index contributed by atoms with van der Waals surface area (Å²) in [6, 6.07) is -0.683. The number of hydrogen-bond donors (Lipinski definition) is 1. The van der Waals surface area contributed by atoms with Crippen molar-refractivity contribution in [3.8, 4) is 0 Å². The molecule has 0 aromatic heterocycles. The lowest BCUT2D eigenvalue weighted by Gasteiger charge is -2.50. The van der Waals surface area contributed by atoms with E-state index in [0.29, 0.717) is 70.2 Å². The maximum Gasteiger partial charge on any atom is 0.245 e. The zero-order valence-corrected chi connectivity index (χ0v) is 25.2. The van der Waals surface area contributed by atoms with E-state index in [1.165, 1.54) is 0 Å². The zero-order chi connectivity index (χ0) is 28.4. The molecule has 4 fully saturated rings. The van der Waals surface area contributed by atoms with Crippen LogP contribution < -0.4 is 5.32 Å². The first-order chi connectivity index (χ1) is 18.4. The van der Waals surface area contributed by atoms with Crippen LogP contribution >= 0.6 is 0 Å². The van der Waals surface area contributed by atoms with Gasteiger partial charge in [0.1, 0.15) is 11.7 Å². The fourth-order valence-corrected chi connectivity index (χ4v) is 6.79. The Morgan fingerprint density at radius 2 is 1.72 bits per heavy atom. The van der Waals surface area contributed by atoms with Crippen molar-refractivity contribution in [2.24, 2.45) is 17.8 Å². The standard InChI is InChI=1S/C30H53FN4O4/c1-21(2)15-25-27(36)35(14-10-32-25)26(16-22(3)4)28(37)34-13-9-30(17-23(34)5)38-19-24(20-39-30)18-33-11-7-29(6,31)8-12-33/h21-26,32H,7-20H2,1-6H3/t23-,24?,25-,26-,30?/m0/s1. The molecule has 4 heterocycles. The molecule has 0 unspecified atom stereocenters. The highest BCUT2D eigenvalue weighted by Gasteiger charge is 2.47. The predicted molar refractivity (Wildman–Crippen MR) is 150 cm³/mol. The highest BCUT2D eigenvalue weighted by molar-refractivity contribution is 5.90. The van der Waals surface area contributed by atoms with Crippen LogP contribution in [0.5, 0.6) is 0 Å². The van der Waals surface area contributed by atoms with E-state index < -0.39 is 17.5 Å². The third kappa shape index (κ3) is 7.72. The number of piperidine rings is 2. The molecule has 4 aliphatic rings. The summed E-state index contributed by atoms with van der Waals surface area (Å²) in [5.41, 5.74) is -1.04. The minimum Gasteiger partial charge on any atom is -0.349 e. The van der Waals surface area contributed by atoms with E-state index >= 15 is 0 Å². The lowest BCUT2D eigenvalue weighted by atomic mass is 9.92. The van der Waals surface area contributed by atoms with Gasteiger partial charge >= 0.3 is 0 Å². The Hall–Kier alpha value is -1.29. The molecule has 0 aromatic carbocycles. The van der Waals surface area contributed by atoms with E-state index in [-0.39, 0.29) is 29.8 Å². The second-order valence-corrected chi connectivity index (χ2v) is 13.8. The molecule has 4 aliphatic heterocycles. The van der Waals surface area contributed by atoms with Crippen molar-refractivity contribution in [1.29, 1.82) is 0 Å². The largest absolute Gasteiger partial charge is 0.349 e. The molecule has 9 heteroatoms. The van der Waals surface area contributed by atoms with Crippen LogP contribution in [0.1, 0.15) is 80.1 Å². The molecule has 8 nitrogen and oxygen atoms in total. The van der Waals surface area contributed by atoms with Crippen molar-refractivity contribution in [1.82, 2.24) is 20.0 Å². The molecule has 0 saturated carbocycles. The number of piperazine rings is 1. The van der Waals surface area contributed by atoms with Crippen LogP contribution in [0.25, 0.3) is 0 Å². The number of hydrogen-bond acceptors (Lipinski definition) is 6. The minimum absolute atomic E-state index is 0.0359. The van der Waals surface area contributed by atoms with Crippen LogP contribution in [-0.2, 0) is 19.1 Å². The van der Waals surface area contributed by atoms with Gasteiger partial charge in [0.15, 0.2) is 5.79 Å². The molecule has 39 heavy (non-hydrogen) atoms. The van der Waals surface area contributed by atoms with Crippen LogP contribution in [0.2, 0.25) is 0 Å². The minimum atomic E-state index is -1.04. The lowest BCUT2D eigenvalue weighted by Crippen LogP contribution is -2.64. The Kier molecular flexibility index (Phi) is 9.99.